The molecular weight excluding hydrogens is 260 g/mol. The van der Waals surface area contributed by atoms with Crippen molar-refractivity contribution in [1.82, 2.24) is 9.97 Å². The summed E-state index contributed by atoms with van der Waals surface area (Å²) >= 11 is 7.13. The maximum absolute atomic E-state index is 11.4. The number of benzene rings is 1. The van der Waals surface area contributed by atoms with Crippen LogP contribution in [0.1, 0.15) is 5.56 Å². The lowest BCUT2D eigenvalue weighted by Crippen LogP contribution is -2.22. The summed E-state index contributed by atoms with van der Waals surface area (Å²) in [5.74, 6) is 0.645. The van der Waals surface area contributed by atoms with Crippen LogP contribution < -0.4 is 11.2 Å². The maximum atomic E-state index is 11.4. The molecule has 1 aromatic carbocycles. The summed E-state index contributed by atoms with van der Waals surface area (Å²) in [6.07, 6.45) is 1.42. The van der Waals surface area contributed by atoms with Crippen LogP contribution in [0.4, 0.5) is 0 Å². The SMILES string of the molecule is O=c1[nH]cc(SCc2ccc(Cl)cc2)c(=O)[nH]1. The van der Waals surface area contributed by atoms with Crippen molar-refractivity contribution >= 4 is 23.4 Å². The van der Waals surface area contributed by atoms with Crippen LogP contribution in [0.3, 0.4) is 0 Å². The van der Waals surface area contributed by atoms with Gasteiger partial charge in [0.15, 0.2) is 0 Å². The Morgan fingerprint density at radius 3 is 2.53 bits per heavy atom. The fraction of sp³-hybridized carbons (Fsp3) is 0.0909. The van der Waals surface area contributed by atoms with Crippen LogP contribution in [0, 0.1) is 0 Å². The minimum Gasteiger partial charge on any atom is -0.313 e. The standard InChI is InChI=1S/C11H9ClN2O2S/c12-8-3-1-7(2-4-8)6-17-9-5-13-11(16)14-10(9)15/h1-5H,6H2,(H2,13,14,15,16). The van der Waals surface area contributed by atoms with Crippen molar-refractivity contribution in [2.75, 3.05) is 0 Å². The van der Waals surface area contributed by atoms with Crippen LogP contribution in [0.25, 0.3) is 0 Å². The number of halogens is 1. The van der Waals surface area contributed by atoms with Crippen LogP contribution >= 0.6 is 23.4 Å². The van der Waals surface area contributed by atoms with Gasteiger partial charge in [-0.15, -0.1) is 11.8 Å². The predicted octanol–water partition coefficient (Wildman–Crippen LogP) is 2.01. The van der Waals surface area contributed by atoms with E-state index in [0.29, 0.717) is 15.7 Å². The Morgan fingerprint density at radius 1 is 1.18 bits per heavy atom. The van der Waals surface area contributed by atoms with Gasteiger partial charge in [-0.1, -0.05) is 23.7 Å². The summed E-state index contributed by atoms with van der Waals surface area (Å²) in [5.41, 5.74) is 0.198. The van der Waals surface area contributed by atoms with Gasteiger partial charge in [-0.05, 0) is 17.7 Å². The Kier molecular flexibility index (Phi) is 3.71. The molecule has 2 aromatic rings. The number of nitrogens with one attached hydrogen (secondary N) is 2. The third kappa shape index (κ3) is 3.25. The molecule has 0 unspecified atom stereocenters. The summed E-state index contributed by atoms with van der Waals surface area (Å²) < 4.78 is 0. The Balaban J connectivity index is 2.10. The maximum Gasteiger partial charge on any atom is 0.325 e. The van der Waals surface area contributed by atoms with E-state index in [4.69, 9.17) is 11.6 Å². The van der Waals surface area contributed by atoms with Crippen LogP contribution in [0.15, 0.2) is 44.9 Å². The number of hydrogen-bond donors (Lipinski definition) is 2. The molecular formula is C11H9ClN2O2S. The van der Waals surface area contributed by atoms with Crippen LogP contribution in [-0.4, -0.2) is 9.97 Å². The first-order valence-electron chi connectivity index (χ1n) is 4.84. The van der Waals surface area contributed by atoms with Crippen molar-refractivity contribution in [3.05, 3.63) is 61.9 Å². The Bertz CT molecular complexity index is 618. The lowest BCUT2D eigenvalue weighted by Gasteiger charge is -2.00. The van der Waals surface area contributed by atoms with Crippen LogP contribution in [0.2, 0.25) is 5.02 Å². The highest BCUT2D eigenvalue weighted by Crippen LogP contribution is 2.19. The summed E-state index contributed by atoms with van der Waals surface area (Å²) in [4.78, 5) is 27.3. The number of aromatic amines is 2. The van der Waals surface area contributed by atoms with Gasteiger partial charge >= 0.3 is 5.69 Å². The van der Waals surface area contributed by atoms with Gasteiger partial charge in [0.1, 0.15) is 0 Å². The van der Waals surface area contributed by atoms with Gasteiger partial charge < -0.3 is 4.98 Å². The van der Waals surface area contributed by atoms with E-state index in [-0.39, 0.29) is 5.56 Å². The largest absolute Gasteiger partial charge is 0.325 e. The number of H-pyrrole nitrogens is 2. The molecule has 1 heterocycles. The molecule has 4 nitrogen and oxygen atoms in total. The van der Waals surface area contributed by atoms with Gasteiger partial charge in [-0.3, -0.25) is 9.78 Å². The van der Waals surface area contributed by atoms with Crippen molar-refractivity contribution in [3.8, 4) is 0 Å². The van der Waals surface area contributed by atoms with Gasteiger partial charge in [0.2, 0.25) is 0 Å². The molecule has 2 N–H and O–H groups in total. The molecule has 0 saturated carbocycles. The summed E-state index contributed by atoms with van der Waals surface area (Å²) in [6.45, 7) is 0. The van der Waals surface area contributed by atoms with E-state index in [1.54, 1.807) is 12.1 Å². The quantitative estimate of drug-likeness (QED) is 0.837. The van der Waals surface area contributed by atoms with Gasteiger partial charge in [0.05, 0.1) is 4.90 Å². The first-order valence-corrected chi connectivity index (χ1v) is 6.21. The summed E-state index contributed by atoms with van der Waals surface area (Å²) in [7, 11) is 0. The number of thioether (sulfide) groups is 1. The molecule has 0 radical (unpaired) electrons. The van der Waals surface area contributed by atoms with E-state index in [1.807, 2.05) is 12.1 Å². The third-order valence-corrected chi connectivity index (χ3v) is 3.44. The molecule has 1 aromatic heterocycles. The lowest BCUT2D eigenvalue weighted by molar-refractivity contribution is 0.976. The highest BCUT2D eigenvalue weighted by atomic mass is 35.5. The molecule has 0 spiro atoms. The monoisotopic (exact) mass is 268 g/mol. The Labute approximate surface area is 106 Å². The molecule has 6 heteroatoms. The lowest BCUT2D eigenvalue weighted by atomic mass is 10.2. The zero-order chi connectivity index (χ0) is 12.3. The molecule has 0 amide bonds. The third-order valence-electron chi connectivity index (χ3n) is 2.09. The van der Waals surface area contributed by atoms with Crippen molar-refractivity contribution < 1.29 is 0 Å². The number of aromatic nitrogens is 2. The van der Waals surface area contributed by atoms with E-state index in [1.165, 1.54) is 18.0 Å². The molecule has 17 heavy (non-hydrogen) atoms. The highest BCUT2D eigenvalue weighted by molar-refractivity contribution is 7.98. The van der Waals surface area contributed by atoms with Gasteiger partial charge in [0.25, 0.3) is 5.56 Å². The molecule has 0 aliphatic heterocycles. The molecule has 0 bridgehead atoms. The molecule has 0 atom stereocenters. The van der Waals surface area contributed by atoms with Crippen molar-refractivity contribution in [1.29, 1.82) is 0 Å². The molecule has 0 fully saturated rings. The van der Waals surface area contributed by atoms with Gasteiger partial charge in [0, 0.05) is 17.0 Å². The Morgan fingerprint density at radius 2 is 1.88 bits per heavy atom. The second kappa shape index (κ2) is 5.25. The minimum absolute atomic E-state index is 0.368. The van der Waals surface area contributed by atoms with E-state index >= 15 is 0 Å². The van der Waals surface area contributed by atoms with E-state index in [0.717, 1.165) is 5.56 Å². The highest BCUT2D eigenvalue weighted by Gasteiger charge is 2.01. The summed E-state index contributed by atoms with van der Waals surface area (Å²) in [5, 5.41) is 0.681. The average Bonchev–Trinajstić information content (AvgIpc) is 2.30. The molecule has 0 aliphatic carbocycles. The smallest absolute Gasteiger partial charge is 0.313 e. The fourth-order valence-electron chi connectivity index (χ4n) is 1.25. The van der Waals surface area contributed by atoms with Crippen LogP contribution in [0.5, 0.6) is 0 Å². The Hall–Kier alpha value is -1.46. The summed E-state index contributed by atoms with van der Waals surface area (Å²) in [6, 6.07) is 7.40. The topological polar surface area (TPSA) is 65.7 Å². The molecule has 0 saturated heterocycles. The van der Waals surface area contributed by atoms with Gasteiger partial charge in [-0.25, -0.2) is 4.79 Å². The second-order valence-electron chi connectivity index (χ2n) is 3.35. The van der Waals surface area contributed by atoms with Crippen molar-refractivity contribution in [2.24, 2.45) is 0 Å². The minimum atomic E-state index is -0.495. The predicted molar refractivity (Wildman–Crippen MR) is 68.7 cm³/mol. The second-order valence-corrected chi connectivity index (χ2v) is 4.80. The first-order chi connectivity index (χ1) is 8.15. The van der Waals surface area contributed by atoms with Crippen molar-refractivity contribution in [3.63, 3.8) is 0 Å². The van der Waals surface area contributed by atoms with E-state index < -0.39 is 5.69 Å². The fourth-order valence-corrected chi connectivity index (χ4v) is 2.21. The molecule has 0 aliphatic rings. The number of rotatable bonds is 3. The van der Waals surface area contributed by atoms with Gasteiger partial charge in [-0.2, -0.15) is 0 Å². The normalized spacial score (nSPS) is 10.4. The molecule has 2 rings (SSSR count). The number of hydrogen-bond acceptors (Lipinski definition) is 3. The molecule has 88 valence electrons. The zero-order valence-electron chi connectivity index (χ0n) is 8.70. The van der Waals surface area contributed by atoms with E-state index in [9.17, 15) is 9.59 Å². The van der Waals surface area contributed by atoms with Crippen LogP contribution in [-0.2, 0) is 5.75 Å². The zero-order valence-corrected chi connectivity index (χ0v) is 10.3. The first kappa shape index (κ1) is 12.0. The van der Waals surface area contributed by atoms with Crippen molar-refractivity contribution in [2.45, 2.75) is 10.6 Å². The van der Waals surface area contributed by atoms with E-state index in [2.05, 4.69) is 9.97 Å². The average molecular weight is 269 g/mol.